The quantitative estimate of drug-likeness (QED) is 0.560. The van der Waals surface area contributed by atoms with Gasteiger partial charge in [-0.1, -0.05) is 6.07 Å². The first-order valence-electron chi connectivity index (χ1n) is 14.0. The van der Waals surface area contributed by atoms with Gasteiger partial charge in [0.1, 0.15) is 6.33 Å². The molecule has 2 amide bonds. The average Bonchev–Trinajstić information content (AvgIpc) is 3.67. The van der Waals surface area contributed by atoms with Crippen molar-refractivity contribution in [1.82, 2.24) is 19.4 Å². The molecular formula is C29H35F3N4O4. The van der Waals surface area contributed by atoms with Gasteiger partial charge in [0.15, 0.2) is 0 Å². The molecule has 0 spiro atoms. The number of imidazole rings is 1. The largest absolute Gasteiger partial charge is 0.416 e. The molecule has 3 aliphatic heterocycles. The zero-order chi connectivity index (χ0) is 28.1. The van der Waals surface area contributed by atoms with Crippen molar-refractivity contribution in [3.05, 3.63) is 53.6 Å². The van der Waals surface area contributed by atoms with E-state index in [1.54, 1.807) is 29.3 Å². The van der Waals surface area contributed by atoms with Gasteiger partial charge in [0.2, 0.25) is 5.91 Å². The second kappa shape index (κ2) is 10.5. The second-order valence-corrected chi connectivity index (χ2v) is 11.9. The van der Waals surface area contributed by atoms with Crippen LogP contribution in [0.5, 0.6) is 0 Å². The van der Waals surface area contributed by atoms with Crippen molar-refractivity contribution in [1.29, 1.82) is 0 Å². The topological polar surface area (TPSA) is 76.9 Å². The smallest absolute Gasteiger partial charge is 0.379 e. The van der Waals surface area contributed by atoms with Crippen LogP contribution in [0.3, 0.4) is 0 Å². The number of rotatable bonds is 4. The van der Waals surface area contributed by atoms with Gasteiger partial charge in [-0.15, -0.1) is 0 Å². The van der Waals surface area contributed by atoms with E-state index in [9.17, 15) is 22.8 Å². The molecule has 6 rings (SSSR count). The number of aromatic nitrogens is 2. The highest BCUT2D eigenvalue weighted by Gasteiger charge is 2.59. The highest BCUT2D eigenvalue weighted by atomic mass is 19.4. The molecule has 0 N–H and O–H groups in total. The lowest BCUT2D eigenvalue weighted by molar-refractivity contribution is -0.144. The van der Waals surface area contributed by atoms with Crippen molar-refractivity contribution in [3.8, 4) is 0 Å². The molecule has 4 aliphatic rings. The van der Waals surface area contributed by atoms with Crippen molar-refractivity contribution in [2.75, 3.05) is 40.0 Å². The number of hydrogen-bond acceptors (Lipinski definition) is 5. The minimum absolute atomic E-state index is 0.0128. The molecule has 1 aromatic heterocycles. The number of nitrogens with zero attached hydrogens (tertiary/aromatic N) is 4. The van der Waals surface area contributed by atoms with Gasteiger partial charge in [-0.25, -0.2) is 9.78 Å². The number of fused-ring (bicyclic) bond motifs is 2. The number of hydrogen-bond donors (Lipinski definition) is 0. The molecule has 1 saturated carbocycles. The molecule has 1 aliphatic carbocycles. The van der Waals surface area contributed by atoms with E-state index in [0.29, 0.717) is 63.1 Å². The fourth-order valence-electron chi connectivity index (χ4n) is 7.63. The van der Waals surface area contributed by atoms with Crippen LogP contribution < -0.4 is 0 Å². The molecule has 3 fully saturated rings. The maximum atomic E-state index is 14.4. The van der Waals surface area contributed by atoms with Gasteiger partial charge in [-0.05, 0) is 73.1 Å². The summed E-state index contributed by atoms with van der Waals surface area (Å²) in [5.41, 5.74) is -0.0525. The van der Waals surface area contributed by atoms with Gasteiger partial charge in [0.25, 0.3) is 0 Å². The van der Waals surface area contributed by atoms with E-state index in [4.69, 9.17) is 9.47 Å². The predicted octanol–water partition coefficient (Wildman–Crippen LogP) is 4.22. The molecule has 0 radical (unpaired) electrons. The van der Waals surface area contributed by atoms with Crippen LogP contribution in [-0.4, -0.2) is 77.4 Å². The Labute approximate surface area is 231 Å². The molecule has 2 saturated heterocycles. The summed E-state index contributed by atoms with van der Waals surface area (Å²) in [6.45, 7) is 2.66. The SMILES string of the molecule is COC1COCCC1C[C@@H]1C[C@H]2CN(C(=O)n3ccnc3)C[C@@]2(C(=O)N2CCc3ccc(C(F)(F)F)cc3C2)C1. The van der Waals surface area contributed by atoms with Gasteiger partial charge in [-0.2, -0.15) is 13.2 Å². The fraction of sp³-hybridized carbons (Fsp3) is 0.621. The second-order valence-electron chi connectivity index (χ2n) is 11.9. The van der Waals surface area contributed by atoms with Gasteiger partial charge in [0, 0.05) is 52.3 Å². The minimum atomic E-state index is -4.44. The number of carbonyl (C=O) groups is 2. The molecule has 0 bridgehead atoms. The van der Waals surface area contributed by atoms with Crippen molar-refractivity contribution in [2.45, 2.75) is 50.9 Å². The molecule has 4 heterocycles. The Bertz CT molecular complexity index is 1250. The van der Waals surface area contributed by atoms with Gasteiger partial charge < -0.3 is 19.3 Å². The van der Waals surface area contributed by atoms with E-state index in [2.05, 4.69) is 4.98 Å². The maximum Gasteiger partial charge on any atom is 0.416 e. The average molecular weight is 561 g/mol. The Hall–Kier alpha value is -2.92. The molecule has 8 nitrogen and oxygen atoms in total. The number of carbonyl (C=O) groups excluding carboxylic acids is 2. The first kappa shape index (κ1) is 27.3. The summed E-state index contributed by atoms with van der Waals surface area (Å²) in [4.78, 5) is 35.1. The first-order chi connectivity index (χ1) is 19.2. The summed E-state index contributed by atoms with van der Waals surface area (Å²) in [6, 6.07) is 3.62. The molecular weight excluding hydrogens is 525 g/mol. The normalized spacial score (nSPS) is 30.3. The van der Waals surface area contributed by atoms with Crippen LogP contribution in [0.4, 0.5) is 18.0 Å². The Balaban J connectivity index is 1.25. The molecule has 2 aromatic rings. The number of methoxy groups -OCH3 is 1. The zero-order valence-corrected chi connectivity index (χ0v) is 22.6. The van der Waals surface area contributed by atoms with Crippen LogP contribution >= 0.6 is 0 Å². The highest BCUT2D eigenvalue weighted by Crippen LogP contribution is 2.54. The van der Waals surface area contributed by atoms with Gasteiger partial charge in [-0.3, -0.25) is 9.36 Å². The summed E-state index contributed by atoms with van der Waals surface area (Å²) >= 11 is 0. The lowest BCUT2D eigenvalue weighted by Gasteiger charge is -2.38. The van der Waals surface area contributed by atoms with E-state index in [0.717, 1.165) is 30.9 Å². The van der Waals surface area contributed by atoms with Crippen LogP contribution in [-0.2, 0) is 33.4 Å². The van der Waals surface area contributed by atoms with Gasteiger partial charge in [0.05, 0.1) is 23.7 Å². The van der Waals surface area contributed by atoms with Crippen LogP contribution in [0.1, 0.15) is 42.4 Å². The predicted molar refractivity (Wildman–Crippen MR) is 138 cm³/mol. The summed E-state index contributed by atoms with van der Waals surface area (Å²) in [5, 5.41) is 0. The Morgan fingerprint density at radius 1 is 1.23 bits per heavy atom. The van der Waals surface area contributed by atoms with Crippen LogP contribution in [0.15, 0.2) is 36.9 Å². The number of alkyl halides is 3. The number of likely N-dealkylation sites (tertiary alicyclic amines) is 1. The van der Waals surface area contributed by atoms with Gasteiger partial charge >= 0.3 is 12.2 Å². The maximum absolute atomic E-state index is 14.4. The third-order valence-corrected chi connectivity index (χ3v) is 9.60. The Morgan fingerprint density at radius 2 is 2.08 bits per heavy atom. The number of ether oxygens (including phenoxy) is 2. The lowest BCUT2D eigenvalue weighted by Crippen LogP contribution is -2.49. The molecule has 40 heavy (non-hydrogen) atoms. The summed E-state index contributed by atoms with van der Waals surface area (Å²) in [5.74, 6) is 0.593. The fourth-order valence-corrected chi connectivity index (χ4v) is 7.63. The monoisotopic (exact) mass is 560 g/mol. The Kier molecular flexibility index (Phi) is 7.14. The van der Waals surface area contributed by atoms with Crippen molar-refractivity contribution in [2.24, 2.45) is 23.2 Å². The summed E-state index contributed by atoms with van der Waals surface area (Å²) in [7, 11) is 1.71. The van der Waals surface area contributed by atoms with Crippen LogP contribution in [0.2, 0.25) is 0 Å². The molecule has 5 atom stereocenters. The highest BCUT2D eigenvalue weighted by molar-refractivity contribution is 5.86. The molecule has 2 unspecified atom stereocenters. The number of amides is 2. The van der Waals surface area contributed by atoms with E-state index in [-0.39, 0.29) is 30.5 Å². The molecule has 11 heteroatoms. The van der Waals surface area contributed by atoms with Crippen LogP contribution in [0.25, 0.3) is 0 Å². The Morgan fingerprint density at radius 3 is 2.83 bits per heavy atom. The number of halogens is 3. The minimum Gasteiger partial charge on any atom is -0.379 e. The third-order valence-electron chi connectivity index (χ3n) is 9.60. The first-order valence-corrected chi connectivity index (χ1v) is 14.0. The third kappa shape index (κ3) is 4.91. The van der Waals surface area contributed by atoms with Crippen molar-refractivity contribution >= 4 is 11.9 Å². The molecule has 216 valence electrons. The van der Waals surface area contributed by atoms with E-state index < -0.39 is 17.2 Å². The van der Waals surface area contributed by atoms with Crippen molar-refractivity contribution < 1.29 is 32.2 Å². The standard InChI is InChI=1S/C29H35F3N4O4/c1-39-25-16-40-9-5-21(25)10-19-11-24-15-36(27(38)35-8-6-33-18-35)17-28(24,13-19)26(37)34-7-4-20-2-3-23(29(30,31)32)12-22(20)14-34/h2-3,6,8,12,18-19,21,24-25H,4-5,7,9-11,13-17H2,1H3/t19-,21?,24+,25?,28+/m1/s1. The number of benzene rings is 1. The van der Waals surface area contributed by atoms with E-state index >= 15 is 0 Å². The van der Waals surface area contributed by atoms with E-state index in [1.807, 2.05) is 0 Å². The lowest BCUT2D eigenvalue weighted by atomic mass is 9.77. The summed E-state index contributed by atoms with van der Waals surface area (Å²) < 4.78 is 53.0. The summed E-state index contributed by atoms with van der Waals surface area (Å²) in [6.07, 6.45) is 4.05. The van der Waals surface area contributed by atoms with E-state index in [1.165, 1.54) is 23.0 Å². The zero-order valence-electron chi connectivity index (χ0n) is 22.6. The van der Waals surface area contributed by atoms with Crippen LogP contribution in [0, 0.1) is 23.2 Å². The molecule has 1 aromatic carbocycles. The van der Waals surface area contributed by atoms with Crippen molar-refractivity contribution in [3.63, 3.8) is 0 Å².